The number of rotatable bonds is 6. The highest BCUT2D eigenvalue weighted by Crippen LogP contribution is 2.23. The van der Waals surface area contributed by atoms with Gasteiger partial charge in [0.05, 0.1) is 22.2 Å². The third-order valence-electron chi connectivity index (χ3n) is 2.08. The van der Waals surface area contributed by atoms with E-state index in [2.05, 4.69) is 4.72 Å². The number of carboxylic acid groups (broad SMARTS) is 1. The largest absolute Gasteiger partial charge is 0.481 e. The number of carboxylic acids is 1. The first-order chi connectivity index (χ1) is 8.30. The second-order valence-electron chi connectivity index (χ2n) is 3.65. The van der Waals surface area contributed by atoms with Gasteiger partial charge in [0, 0.05) is 6.42 Å². The Hall–Kier alpha value is -1.47. The van der Waals surface area contributed by atoms with Gasteiger partial charge in [0.1, 0.15) is 0 Å². The number of benzene rings is 1. The molecule has 0 heterocycles. The van der Waals surface area contributed by atoms with Gasteiger partial charge in [0.25, 0.3) is 0 Å². The van der Waals surface area contributed by atoms with Gasteiger partial charge in [-0.15, -0.1) is 0 Å². The average Bonchev–Trinajstić information content (AvgIpc) is 2.22. The summed E-state index contributed by atoms with van der Waals surface area (Å²) in [7, 11) is -3.57. The number of aliphatic carboxylic acids is 1. The van der Waals surface area contributed by atoms with Crippen molar-refractivity contribution in [1.29, 1.82) is 0 Å². The third-order valence-corrected chi connectivity index (χ3v) is 3.78. The van der Waals surface area contributed by atoms with E-state index >= 15 is 0 Å². The molecule has 100 valence electrons. The van der Waals surface area contributed by atoms with E-state index in [0.717, 1.165) is 0 Å². The maximum absolute atomic E-state index is 11.6. The van der Waals surface area contributed by atoms with Crippen molar-refractivity contribution in [2.45, 2.75) is 12.8 Å². The maximum Gasteiger partial charge on any atom is 0.303 e. The molecule has 0 fully saturated rings. The predicted molar refractivity (Wildman–Crippen MR) is 70.1 cm³/mol. The normalized spacial score (nSPS) is 11.2. The Labute approximate surface area is 110 Å². The summed E-state index contributed by atoms with van der Waals surface area (Å²) in [6, 6.07) is 4.36. The van der Waals surface area contributed by atoms with Crippen molar-refractivity contribution in [2.24, 2.45) is 0 Å². The Balaban J connectivity index is 2.64. The highest BCUT2D eigenvalue weighted by atomic mass is 35.5. The van der Waals surface area contributed by atoms with Crippen LogP contribution in [0.2, 0.25) is 5.02 Å². The molecule has 0 bridgehead atoms. The first kappa shape index (κ1) is 14.6. The fourth-order valence-corrected chi connectivity index (χ4v) is 2.53. The van der Waals surface area contributed by atoms with Gasteiger partial charge in [-0.1, -0.05) is 11.6 Å². The SMILES string of the molecule is Nc1ccc(NS(=O)(=O)CCCC(=O)O)cc1Cl. The number of hydrogen-bond acceptors (Lipinski definition) is 4. The number of halogens is 1. The summed E-state index contributed by atoms with van der Waals surface area (Å²) in [6.07, 6.45) is -0.142. The average molecular weight is 293 g/mol. The van der Waals surface area contributed by atoms with E-state index in [1.54, 1.807) is 0 Å². The first-order valence-corrected chi connectivity index (χ1v) is 7.10. The minimum Gasteiger partial charge on any atom is -0.481 e. The molecule has 0 saturated heterocycles. The first-order valence-electron chi connectivity index (χ1n) is 5.07. The van der Waals surface area contributed by atoms with E-state index < -0.39 is 16.0 Å². The lowest BCUT2D eigenvalue weighted by molar-refractivity contribution is -0.137. The molecule has 0 radical (unpaired) electrons. The number of sulfonamides is 1. The van der Waals surface area contributed by atoms with Crippen molar-refractivity contribution in [2.75, 3.05) is 16.2 Å². The van der Waals surface area contributed by atoms with Crippen molar-refractivity contribution in [3.05, 3.63) is 23.2 Å². The van der Waals surface area contributed by atoms with Crippen LogP contribution in [0.1, 0.15) is 12.8 Å². The summed E-state index contributed by atoms with van der Waals surface area (Å²) in [5.41, 5.74) is 6.14. The van der Waals surface area contributed by atoms with Gasteiger partial charge in [-0.2, -0.15) is 0 Å². The summed E-state index contributed by atoms with van der Waals surface area (Å²) in [5.74, 6) is -1.29. The van der Waals surface area contributed by atoms with Gasteiger partial charge >= 0.3 is 5.97 Å². The standard InChI is InChI=1S/C10H13ClN2O4S/c11-8-6-7(3-4-9(8)12)13-18(16,17)5-1-2-10(14)15/h3-4,6,13H,1-2,5,12H2,(H,14,15). The molecular formula is C10H13ClN2O4S. The molecule has 0 aliphatic heterocycles. The van der Waals surface area contributed by atoms with Crippen LogP contribution in [0.15, 0.2) is 18.2 Å². The minimum absolute atomic E-state index is 0.0490. The lowest BCUT2D eigenvalue weighted by Gasteiger charge is -2.08. The highest BCUT2D eigenvalue weighted by molar-refractivity contribution is 7.92. The highest BCUT2D eigenvalue weighted by Gasteiger charge is 2.12. The molecule has 0 aliphatic carbocycles. The lowest BCUT2D eigenvalue weighted by Crippen LogP contribution is -2.17. The van der Waals surface area contributed by atoms with Crippen LogP contribution in [0.25, 0.3) is 0 Å². The van der Waals surface area contributed by atoms with E-state index in [4.69, 9.17) is 22.4 Å². The van der Waals surface area contributed by atoms with Crippen LogP contribution in [0.5, 0.6) is 0 Å². The van der Waals surface area contributed by atoms with Gasteiger partial charge in [0.2, 0.25) is 10.0 Å². The zero-order chi connectivity index (χ0) is 13.8. The second kappa shape index (κ2) is 5.92. The summed E-state index contributed by atoms with van der Waals surface area (Å²) in [5, 5.41) is 8.67. The number of nitrogens with one attached hydrogen (secondary N) is 1. The van der Waals surface area contributed by atoms with Crippen molar-refractivity contribution in [3.63, 3.8) is 0 Å². The van der Waals surface area contributed by atoms with Crippen molar-refractivity contribution in [1.82, 2.24) is 0 Å². The Morgan fingerprint density at radius 3 is 2.67 bits per heavy atom. The van der Waals surface area contributed by atoms with E-state index in [-0.39, 0.29) is 23.6 Å². The molecular weight excluding hydrogens is 280 g/mol. The predicted octanol–water partition coefficient (Wildman–Crippen LogP) is 1.53. The zero-order valence-corrected chi connectivity index (χ0v) is 11.0. The molecule has 0 aromatic heterocycles. The monoisotopic (exact) mass is 292 g/mol. The summed E-state index contributed by atoms with van der Waals surface area (Å²) in [4.78, 5) is 10.3. The third kappa shape index (κ3) is 4.80. The van der Waals surface area contributed by atoms with Crippen LogP contribution in [0, 0.1) is 0 Å². The molecule has 0 atom stereocenters. The number of nitrogen functional groups attached to an aromatic ring is 1. The van der Waals surface area contributed by atoms with E-state index in [9.17, 15) is 13.2 Å². The molecule has 1 aromatic rings. The molecule has 0 unspecified atom stereocenters. The van der Waals surface area contributed by atoms with Crippen molar-refractivity contribution < 1.29 is 18.3 Å². The number of anilines is 2. The topological polar surface area (TPSA) is 109 Å². The summed E-state index contributed by atoms with van der Waals surface area (Å²) in [6.45, 7) is 0. The lowest BCUT2D eigenvalue weighted by atomic mass is 10.3. The molecule has 0 spiro atoms. The van der Waals surface area contributed by atoms with Gasteiger partial charge in [0.15, 0.2) is 0 Å². The van der Waals surface area contributed by atoms with Crippen LogP contribution in [-0.2, 0) is 14.8 Å². The van der Waals surface area contributed by atoms with Gasteiger partial charge < -0.3 is 10.8 Å². The molecule has 1 rings (SSSR count). The zero-order valence-electron chi connectivity index (χ0n) is 9.39. The fraction of sp³-hybridized carbons (Fsp3) is 0.300. The maximum atomic E-state index is 11.6. The van der Waals surface area contributed by atoms with E-state index in [1.165, 1.54) is 18.2 Å². The quantitative estimate of drug-likeness (QED) is 0.689. The van der Waals surface area contributed by atoms with Crippen molar-refractivity contribution in [3.8, 4) is 0 Å². The number of carbonyl (C=O) groups is 1. The Morgan fingerprint density at radius 1 is 1.44 bits per heavy atom. The molecule has 0 saturated carbocycles. The summed E-state index contributed by atoms with van der Waals surface area (Å²) >= 11 is 5.75. The van der Waals surface area contributed by atoms with Gasteiger partial charge in [-0.05, 0) is 24.6 Å². The summed E-state index contributed by atoms with van der Waals surface area (Å²) < 4.78 is 25.5. The van der Waals surface area contributed by atoms with Crippen LogP contribution >= 0.6 is 11.6 Å². The molecule has 4 N–H and O–H groups in total. The smallest absolute Gasteiger partial charge is 0.303 e. The van der Waals surface area contributed by atoms with Crippen LogP contribution < -0.4 is 10.5 Å². The molecule has 6 nitrogen and oxygen atoms in total. The Morgan fingerprint density at radius 2 is 2.11 bits per heavy atom. The molecule has 8 heteroatoms. The minimum atomic E-state index is -3.57. The number of hydrogen-bond donors (Lipinski definition) is 3. The van der Waals surface area contributed by atoms with Crippen LogP contribution in [0.3, 0.4) is 0 Å². The fourth-order valence-electron chi connectivity index (χ4n) is 1.23. The van der Waals surface area contributed by atoms with Crippen molar-refractivity contribution >= 4 is 39.0 Å². The molecule has 1 aromatic carbocycles. The molecule has 0 aliphatic rings. The second-order valence-corrected chi connectivity index (χ2v) is 5.90. The van der Waals surface area contributed by atoms with Crippen LogP contribution in [0.4, 0.5) is 11.4 Å². The Kier molecular flexibility index (Phi) is 4.80. The number of nitrogens with two attached hydrogens (primary N) is 1. The van der Waals surface area contributed by atoms with Crippen LogP contribution in [-0.4, -0.2) is 25.2 Å². The van der Waals surface area contributed by atoms with E-state index in [1.807, 2.05) is 0 Å². The molecule has 0 amide bonds. The molecule has 18 heavy (non-hydrogen) atoms. The van der Waals surface area contributed by atoms with E-state index in [0.29, 0.717) is 11.4 Å². The Bertz CT molecular complexity index is 545. The van der Waals surface area contributed by atoms with Gasteiger partial charge in [-0.3, -0.25) is 9.52 Å². The van der Waals surface area contributed by atoms with Gasteiger partial charge in [-0.25, -0.2) is 8.42 Å².